The zero-order chi connectivity index (χ0) is 24.2. The van der Waals surface area contributed by atoms with Gasteiger partial charge in [-0.25, -0.2) is 0 Å². The Morgan fingerprint density at radius 2 is 1.64 bits per heavy atom. The number of carbonyl (C=O) groups excluding carboxylic acids is 2. The third kappa shape index (κ3) is 7.80. The lowest BCUT2D eigenvalue weighted by atomic mass is 10.1. The number of methoxy groups -OCH3 is 2. The number of ketones is 2. The molecule has 0 aliphatic heterocycles. The predicted octanol–water partition coefficient (Wildman–Crippen LogP) is 4.48. The zero-order valence-electron chi connectivity index (χ0n) is 19.5. The van der Waals surface area contributed by atoms with Crippen LogP contribution in [0.3, 0.4) is 0 Å². The number of nitrogens with zero attached hydrogens (tertiary/aromatic N) is 1. The molecule has 0 aliphatic rings. The number of anilines is 1. The smallest absolute Gasteiger partial charge is 0.188 e. The first-order valence-corrected chi connectivity index (χ1v) is 10.7. The molecule has 1 N–H and O–H groups in total. The van der Waals surface area contributed by atoms with Crippen molar-refractivity contribution in [2.24, 2.45) is 0 Å². The predicted molar refractivity (Wildman–Crippen MR) is 130 cm³/mol. The molecule has 0 fully saturated rings. The Morgan fingerprint density at radius 1 is 0.939 bits per heavy atom. The molecule has 2 rings (SSSR count). The summed E-state index contributed by atoms with van der Waals surface area (Å²) in [6, 6.07) is 10.5. The van der Waals surface area contributed by atoms with E-state index < -0.39 is 0 Å². The quantitative estimate of drug-likeness (QED) is 0.272. The number of allylic oxidation sites excluding steroid dienone is 2. The summed E-state index contributed by atoms with van der Waals surface area (Å²) in [6.07, 6.45) is 5.67. The Kier molecular flexibility index (Phi) is 10.2. The van der Waals surface area contributed by atoms with Crippen LogP contribution in [0.5, 0.6) is 17.2 Å². The van der Waals surface area contributed by atoms with Crippen LogP contribution in [0.1, 0.15) is 31.4 Å². The van der Waals surface area contributed by atoms with Crippen molar-refractivity contribution in [3.05, 3.63) is 59.7 Å². The molecule has 33 heavy (non-hydrogen) atoms. The van der Waals surface area contributed by atoms with Gasteiger partial charge in [-0.2, -0.15) is 0 Å². The van der Waals surface area contributed by atoms with Crippen LogP contribution in [0.15, 0.2) is 48.6 Å². The summed E-state index contributed by atoms with van der Waals surface area (Å²) in [5.74, 6) is 0.267. The second-order valence-electron chi connectivity index (χ2n) is 7.15. The first kappa shape index (κ1) is 25.7. The second kappa shape index (κ2) is 13.1. The van der Waals surface area contributed by atoms with Crippen molar-refractivity contribution < 1.29 is 28.9 Å². The number of benzene rings is 2. The molecule has 0 aliphatic carbocycles. The summed E-state index contributed by atoms with van der Waals surface area (Å²) in [6.45, 7) is 5.97. The lowest BCUT2D eigenvalue weighted by Gasteiger charge is -2.22. The van der Waals surface area contributed by atoms with Crippen LogP contribution < -0.4 is 14.4 Å². The third-order valence-electron chi connectivity index (χ3n) is 4.92. The lowest BCUT2D eigenvalue weighted by molar-refractivity contribution is -0.121. The minimum absolute atomic E-state index is 0.0141. The molecule has 7 heteroatoms. The summed E-state index contributed by atoms with van der Waals surface area (Å²) in [4.78, 5) is 26.7. The number of carbonyl (C=O) groups is 2. The Hall–Kier alpha value is -3.58. The van der Waals surface area contributed by atoms with Gasteiger partial charge in [0.05, 0.1) is 13.5 Å². The Bertz CT molecular complexity index is 1010. The van der Waals surface area contributed by atoms with Gasteiger partial charge in [0.25, 0.3) is 0 Å². The van der Waals surface area contributed by atoms with Gasteiger partial charge in [-0.3, -0.25) is 9.59 Å². The Labute approximate surface area is 194 Å². The number of ether oxygens (including phenoxy) is 3. The van der Waals surface area contributed by atoms with Crippen molar-refractivity contribution in [2.75, 3.05) is 39.0 Å². The van der Waals surface area contributed by atoms with Gasteiger partial charge in [-0.1, -0.05) is 12.1 Å². The average molecular weight is 454 g/mol. The molecular weight excluding hydrogens is 422 g/mol. The molecule has 2 aromatic carbocycles. The van der Waals surface area contributed by atoms with Gasteiger partial charge >= 0.3 is 0 Å². The van der Waals surface area contributed by atoms with Crippen LogP contribution in [0.2, 0.25) is 0 Å². The van der Waals surface area contributed by atoms with E-state index in [0.717, 1.165) is 24.3 Å². The van der Waals surface area contributed by atoms with Gasteiger partial charge in [0.15, 0.2) is 29.9 Å². The first-order chi connectivity index (χ1) is 15.9. The normalized spacial score (nSPS) is 11.2. The van der Waals surface area contributed by atoms with Crippen LogP contribution in [-0.4, -0.2) is 50.8 Å². The maximum absolute atomic E-state index is 12.3. The monoisotopic (exact) mass is 453 g/mol. The van der Waals surface area contributed by atoms with Crippen molar-refractivity contribution in [1.82, 2.24) is 0 Å². The molecule has 176 valence electrons. The number of phenolic OH excluding ortho intramolecular Hbond substituents is 1. The fourth-order valence-electron chi connectivity index (χ4n) is 3.15. The number of hydrogen-bond acceptors (Lipinski definition) is 7. The van der Waals surface area contributed by atoms with E-state index in [1.807, 2.05) is 18.2 Å². The molecule has 0 saturated heterocycles. The SMILES string of the molecule is CCN(CC)c1ccc(C=CC(=O)CC(=O)C=Cc2ccc(O)c(OC)c2)c(OCOC)c1. The highest BCUT2D eigenvalue weighted by molar-refractivity contribution is 6.11. The number of phenols is 1. The molecule has 0 aromatic heterocycles. The molecule has 0 saturated carbocycles. The van der Waals surface area contributed by atoms with Crippen LogP contribution in [-0.2, 0) is 14.3 Å². The highest BCUT2D eigenvalue weighted by atomic mass is 16.7. The molecule has 2 aromatic rings. The summed E-state index contributed by atoms with van der Waals surface area (Å²) in [5, 5.41) is 9.63. The minimum Gasteiger partial charge on any atom is -0.504 e. The molecule has 0 amide bonds. The Balaban J connectivity index is 2.07. The van der Waals surface area contributed by atoms with Crippen LogP contribution >= 0.6 is 0 Å². The highest BCUT2D eigenvalue weighted by Gasteiger charge is 2.09. The van der Waals surface area contributed by atoms with Gasteiger partial charge in [0.1, 0.15) is 5.75 Å². The fourth-order valence-corrected chi connectivity index (χ4v) is 3.15. The van der Waals surface area contributed by atoms with E-state index in [4.69, 9.17) is 14.2 Å². The number of hydrogen-bond donors (Lipinski definition) is 1. The maximum atomic E-state index is 12.3. The van der Waals surface area contributed by atoms with E-state index >= 15 is 0 Å². The molecule has 0 unspecified atom stereocenters. The molecule has 7 nitrogen and oxygen atoms in total. The van der Waals surface area contributed by atoms with Crippen LogP contribution in [0.4, 0.5) is 5.69 Å². The number of aromatic hydroxyl groups is 1. The summed E-state index contributed by atoms with van der Waals surface area (Å²) in [5.41, 5.74) is 2.41. The molecule has 0 atom stereocenters. The van der Waals surface area contributed by atoms with Crippen LogP contribution in [0.25, 0.3) is 12.2 Å². The van der Waals surface area contributed by atoms with E-state index in [-0.39, 0.29) is 30.5 Å². The second-order valence-corrected chi connectivity index (χ2v) is 7.15. The molecule has 0 spiro atoms. The lowest BCUT2D eigenvalue weighted by Crippen LogP contribution is -2.21. The van der Waals surface area contributed by atoms with Crippen molar-refractivity contribution in [3.63, 3.8) is 0 Å². The summed E-state index contributed by atoms with van der Waals surface area (Å²) < 4.78 is 15.7. The van der Waals surface area contributed by atoms with Gasteiger partial charge in [-0.15, -0.1) is 0 Å². The summed E-state index contributed by atoms with van der Waals surface area (Å²) >= 11 is 0. The van der Waals surface area contributed by atoms with Crippen molar-refractivity contribution in [1.29, 1.82) is 0 Å². The van der Waals surface area contributed by atoms with Gasteiger partial charge in [0.2, 0.25) is 0 Å². The third-order valence-corrected chi connectivity index (χ3v) is 4.92. The fraction of sp³-hybridized carbons (Fsp3) is 0.308. The molecule has 0 bridgehead atoms. The summed E-state index contributed by atoms with van der Waals surface area (Å²) in [7, 11) is 2.99. The number of rotatable bonds is 13. The minimum atomic E-state index is -0.329. The van der Waals surface area contributed by atoms with Crippen LogP contribution in [0, 0.1) is 0 Å². The van der Waals surface area contributed by atoms with Gasteiger partial charge in [-0.05, 0) is 61.9 Å². The average Bonchev–Trinajstić information content (AvgIpc) is 2.82. The largest absolute Gasteiger partial charge is 0.504 e. The first-order valence-electron chi connectivity index (χ1n) is 10.7. The molecule has 0 heterocycles. The van der Waals surface area contributed by atoms with E-state index in [1.54, 1.807) is 31.4 Å². The maximum Gasteiger partial charge on any atom is 0.188 e. The van der Waals surface area contributed by atoms with Crippen molar-refractivity contribution in [2.45, 2.75) is 20.3 Å². The van der Waals surface area contributed by atoms with E-state index in [9.17, 15) is 14.7 Å². The highest BCUT2D eigenvalue weighted by Crippen LogP contribution is 2.28. The van der Waals surface area contributed by atoms with Crippen molar-refractivity contribution >= 4 is 29.4 Å². The van der Waals surface area contributed by atoms with Gasteiger partial charge < -0.3 is 24.2 Å². The standard InChI is InChI=1S/C26H31NO6/c1-5-27(6-2)21-11-9-20(25(16-21)33-18-31-3)10-13-23(29)17-22(28)12-7-19-8-14-24(30)26(15-19)32-4/h7-16,30H,5-6,17-18H2,1-4H3. The van der Waals surface area contributed by atoms with E-state index in [0.29, 0.717) is 17.1 Å². The van der Waals surface area contributed by atoms with E-state index in [2.05, 4.69) is 18.7 Å². The van der Waals surface area contributed by atoms with Gasteiger partial charge in [0, 0.05) is 37.5 Å². The molecule has 0 radical (unpaired) electrons. The van der Waals surface area contributed by atoms with Crippen molar-refractivity contribution in [3.8, 4) is 17.2 Å². The Morgan fingerprint density at radius 3 is 2.27 bits per heavy atom. The molecular formula is C26H31NO6. The topological polar surface area (TPSA) is 85.3 Å². The van der Waals surface area contributed by atoms with E-state index in [1.165, 1.54) is 25.3 Å². The zero-order valence-corrected chi connectivity index (χ0v) is 19.5.